The minimum atomic E-state index is 0.194. The van der Waals surface area contributed by atoms with Gasteiger partial charge >= 0.3 is 0 Å². The molecule has 104 valence electrons. The van der Waals surface area contributed by atoms with Gasteiger partial charge in [0, 0.05) is 31.2 Å². The minimum absolute atomic E-state index is 0.194. The van der Waals surface area contributed by atoms with Gasteiger partial charge in [0.2, 0.25) is 5.91 Å². The molecular formula is C14H19BrN2O2. The lowest BCUT2D eigenvalue weighted by molar-refractivity contribution is -0.129. The van der Waals surface area contributed by atoms with Crippen molar-refractivity contribution in [1.82, 2.24) is 9.80 Å². The number of hydrogen-bond acceptors (Lipinski definition) is 3. The molecule has 0 bridgehead atoms. The molecule has 0 saturated carbocycles. The van der Waals surface area contributed by atoms with Crippen LogP contribution in [0.25, 0.3) is 0 Å². The van der Waals surface area contributed by atoms with Gasteiger partial charge in [0.25, 0.3) is 0 Å². The van der Waals surface area contributed by atoms with E-state index in [2.05, 4.69) is 20.8 Å². The molecule has 0 atom stereocenters. The van der Waals surface area contributed by atoms with Gasteiger partial charge in [0.15, 0.2) is 0 Å². The van der Waals surface area contributed by atoms with Crippen molar-refractivity contribution in [2.45, 2.75) is 6.42 Å². The molecule has 1 aromatic rings. The molecule has 0 N–H and O–H groups in total. The van der Waals surface area contributed by atoms with Crippen molar-refractivity contribution >= 4 is 21.8 Å². The van der Waals surface area contributed by atoms with E-state index >= 15 is 0 Å². The van der Waals surface area contributed by atoms with Crippen LogP contribution in [0.1, 0.15) is 6.42 Å². The largest absolute Gasteiger partial charge is 0.492 e. The fourth-order valence-corrected chi connectivity index (χ4v) is 2.47. The van der Waals surface area contributed by atoms with Gasteiger partial charge in [-0.1, -0.05) is 22.0 Å². The highest BCUT2D eigenvalue weighted by molar-refractivity contribution is 9.10. The number of amides is 1. The third-order valence-corrected chi connectivity index (χ3v) is 3.72. The number of halogens is 1. The second-order valence-corrected chi connectivity index (χ2v) is 5.67. The number of carbonyl (C=O) groups excluding carboxylic acids is 1. The number of benzene rings is 1. The van der Waals surface area contributed by atoms with Crippen LogP contribution in [0.3, 0.4) is 0 Å². The summed E-state index contributed by atoms with van der Waals surface area (Å²) < 4.78 is 6.71. The zero-order valence-electron chi connectivity index (χ0n) is 11.1. The molecule has 0 aliphatic carbocycles. The first-order chi connectivity index (χ1) is 9.15. The molecule has 2 rings (SSSR count). The number of hydrogen-bond donors (Lipinski definition) is 0. The lowest BCUT2D eigenvalue weighted by Crippen LogP contribution is -2.36. The predicted octanol–water partition coefficient (Wildman–Crippen LogP) is 1.99. The number of rotatable bonds is 4. The summed E-state index contributed by atoms with van der Waals surface area (Å²) in [7, 11) is 1.86. The Morgan fingerprint density at radius 2 is 2.21 bits per heavy atom. The van der Waals surface area contributed by atoms with E-state index in [4.69, 9.17) is 4.74 Å². The summed E-state index contributed by atoms with van der Waals surface area (Å²) in [5.41, 5.74) is 0. The van der Waals surface area contributed by atoms with Crippen LogP contribution in [-0.4, -0.2) is 55.5 Å². The molecule has 1 aromatic carbocycles. The smallest absolute Gasteiger partial charge is 0.236 e. The highest BCUT2D eigenvalue weighted by atomic mass is 79.9. The molecule has 1 aliphatic rings. The Kier molecular flexibility index (Phi) is 5.22. The van der Waals surface area contributed by atoms with Crippen LogP contribution < -0.4 is 4.74 Å². The van der Waals surface area contributed by atoms with Gasteiger partial charge in [0.05, 0.1) is 6.54 Å². The number of carbonyl (C=O) groups is 1. The van der Waals surface area contributed by atoms with Gasteiger partial charge < -0.3 is 9.64 Å². The summed E-state index contributed by atoms with van der Waals surface area (Å²) in [5.74, 6) is 1.05. The van der Waals surface area contributed by atoms with Gasteiger partial charge in [0.1, 0.15) is 12.4 Å². The molecular weight excluding hydrogens is 308 g/mol. The molecule has 1 fully saturated rings. The molecule has 19 heavy (non-hydrogen) atoms. The first kappa shape index (κ1) is 14.3. The molecule has 1 amide bonds. The van der Waals surface area contributed by atoms with E-state index in [0.717, 1.165) is 36.3 Å². The van der Waals surface area contributed by atoms with E-state index in [1.54, 1.807) is 4.90 Å². The Morgan fingerprint density at radius 3 is 3.00 bits per heavy atom. The maximum absolute atomic E-state index is 11.7. The zero-order valence-corrected chi connectivity index (χ0v) is 12.7. The van der Waals surface area contributed by atoms with Crippen molar-refractivity contribution in [3.63, 3.8) is 0 Å². The third kappa shape index (κ3) is 4.51. The third-order valence-electron chi connectivity index (χ3n) is 3.22. The van der Waals surface area contributed by atoms with E-state index in [9.17, 15) is 4.79 Å². The van der Waals surface area contributed by atoms with Gasteiger partial charge in [-0.05, 0) is 24.6 Å². The second kappa shape index (κ2) is 6.91. The molecule has 0 radical (unpaired) electrons. The highest BCUT2D eigenvalue weighted by Crippen LogP contribution is 2.17. The van der Waals surface area contributed by atoms with Crippen LogP contribution >= 0.6 is 15.9 Å². The minimum Gasteiger partial charge on any atom is -0.492 e. The van der Waals surface area contributed by atoms with E-state index in [-0.39, 0.29) is 5.91 Å². The predicted molar refractivity (Wildman–Crippen MR) is 78.3 cm³/mol. The average molecular weight is 327 g/mol. The Balaban J connectivity index is 1.77. The van der Waals surface area contributed by atoms with Gasteiger partial charge in [-0.25, -0.2) is 0 Å². The Labute approximate surface area is 122 Å². The summed E-state index contributed by atoms with van der Waals surface area (Å²) in [6.07, 6.45) is 1.03. The zero-order chi connectivity index (χ0) is 13.7. The molecule has 0 aromatic heterocycles. The van der Waals surface area contributed by atoms with Crippen LogP contribution in [0.5, 0.6) is 5.75 Å². The first-order valence-electron chi connectivity index (χ1n) is 6.50. The summed E-state index contributed by atoms with van der Waals surface area (Å²) in [5, 5.41) is 0. The van der Waals surface area contributed by atoms with Crippen LogP contribution in [-0.2, 0) is 4.79 Å². The quantitative estimate of drug-likeness (QED) is 0.848. The van der Waals surface area contributed by atoms with Crippen molar-refractivity contribution in [1.29, 1.82) is 0 Å². The highest BCUT2D eigenvalue weighted by Gasteiger charge is 2.18. The van der Waals surface area contributed by atoms with Crippen LogP contribution in [0, 0.1) is 0 Å². The molecule has 0 unspecified atom stereocenters. The second-order valence-electron chi connectivity index (χ2n) is 4.75. The normalized spacial score (nSPS) is 17.4. The molecule has 4 nitrogen and oxygen atoms in total. The molecule has 1 aliphatic heterocycles. The SMILES string of the molecule is CN1CCCN(CCOc2cccc(Br)c2)CC1=O. The fraction of sp³-hybridized carbons (Fsp3) is 0.500. The average Bonchev–Trinajstić information content (AvgIpc) is 2.52. The molecule has 0 spiro atoms. The van der Waals surface area contributed by atoms with E-state index in [1.165, 1.54) is 0 Å². The maximum atomic E-state index is 11.7. The van der Waals surface area contributed by atoms with Crippen molar-refractivity contribution < 1.29 is 9.53 Å². The van der Waals surface area contributed by atoms with Gasteiger partial charge in [-0.2, -0.15) is 0 Å². The number of nitrogens with zero attached hydrogens (tertiary/aromatic N) is 2. The lowest BCUT2D eigenvalue weighted by atomic mass is 10.3. The van der Waals surface area contributed by atoms with Crippen LogP contribution in [0.4, 0.5) is 0 Å². The number of likely N-dealkylation sites (N-methyl/N-ethyl adjacent to an activating group) is 1. The van der Waals surface area contributed by atoms with Crippen molar-refractivity contribution in [3.05, 3.63) is 28.7 Å². The van der Waals surface area contributed by atoms with E-state index < -0.39 is 0 Å². The summed E-state index contributed by atoms with van der Waals surface area (Å²) in [6, 6.07) is 7.80. The van der Waals surface area contributed by atoms with Crippen molar-refractivity contribution in [2.24, 2.45) is 0 Å². The summed E-state index contributed by atoms with van der Waals surface area (Å²) in [6.45, 7) is 3.69. The lowest BCUT2D eigenvalue weighted by Gasteiger charge is -2.19. The van der Waals surface area contributed by atoms with E-state index in [0.29, 0.717) is 13.2 Å². The first-order valence-corrected chi connectivity index (χ1v) is 7.29. The fourth-order valence-electron chi connectivity index (χ4n) is 2.09. The Bertz CT molecular complexity index is 439. The molecule has 1 heterocycles. The summed E-state index contributed by atoms with van der Waals surface area (Å²) in [4.78, 5) is 15.7. The van der Waals surface area contributed by atoms with Gasteiger partial charge in [-0.15, -0.1) is 0 Å². The standard InChI is InChI=1S/C14H19BrN2O2/c1-16-6-3-7-17(11-14(16)18)8-9-19-13-5-2-4-12(15)10-13/h2,4-5,10H,3,6-9,11H2,1H3. The van der Waals surface area contributed by atoms with Crippen molar-refractivity contribution in [3.8, 4) is 5.75 Å². The van der Waals surface area contributed by atoms with Crippen LogP contribution in [0.2, 0.25) is 0 Å². The molecule has 5 heteroatoms. The van der Waals surface area contributed by atoms with Crippen molar-refractivity contribution in [2.75, 3.05) is 39.8 Å². The van der Waals surface area contributed by atoms with Gasteiger partial charge in [-0.3, -0.25) is 9.69 Å². The van der Waals surface area contributed by atoms with E-state index in [1.807, 2.05) is 31.3 Å². The molecule has 1 saturated heterocycles. The monoisotopic (exact) mass is 326 g/mol. The Hall–Kier alpha value is -1.07. The maximum Gasteiger partial charge on any atom is 0.236 e. The van der Waals surface area contributed by atoms with Crippen LogP contribution in [0.15, 0.2) is 28.7 Å². The number of ether oxygens (including phenoxy) is 1. The summed E-state index contributed by atoms with van der Waals surface area (Å²) >= 11 is 3.41. The Morgan fingerprint density at radius 1 is 1.37 bits per heavy atom. The topological polar surface area (TPSA) is 32.8 Å².